The summed E-state index contributed by atoms with van der Waals surface area (Å²) in [6.07, 6.45) is 5.26. The maximum Gasteiger partial charge on any atom is 0.321 e. The molecule has 0 radical (unpaired) electrons. The van der Waals surface area contributed by atoms with Gasteiger partial charge in [0.2, 0.25) is 0 Å². The Morgan fingerprint density at radius 1 is 1.52 bits per heavy atom. The van der Waals surface area contributed by atoms with Gasteiger partial charge in [-0.25, -0.2) is 9.78 Å². The third-order valence-corrected chi connectivity index (χ3v) is 5.03. The Kier molecular flexibility index (Phi) is 3.99. The summed E-state index contributed by atoms with van der Waals surface area (Å²) in [4.78, 5) is 17.8. The number of anilines is 1. The lowest BCUT2D eigenvalue weighted by atomic mass is 9.91. The largest absolute Gasteiger partial charge is 0.377 e. The fraction of sp³-hybridized carbons (Fsp3) is 0.600. The molecule has 0 atom stereocenters. The van der Waals surface area contributed by atoms with Crippen LogP contribution in [0.5, 0.6) is 0 Å². The Morgan fingerprint density at radius 3 is 3.10 bits per heavy atom. The number of thiazole rings is 1. The van der Waals surface area contributed by atoms with Crippen molar-refractivity contribution in [3.63, 3.8) is 0 Å². The Hall–Kier alpha value is -1.40. The van der Waals surface area contributed by atoms with E-state index in [1.807, 2.05) is 0 Å². The zero-order valence-electron chi connectivity index (χ0n) is 12.5. The van der Waals surface area contributed by atoms with Gasteiger partial charge in [0.05, 0.1) is 18.9 Å². The fourth-order valence-electron chi connectivity index (χ4n) is 2.71. The van der Waals surface area contributed by atoms with Crippen molar-refractivity contribution < 1.29 is 9.53 Å². The number of nitrogens with zero attached hydrogens (tertiary/aromatic N) is 1. The van der Waals surface area contributed by atoms with Crippen LogP contribution in [0.3, 0.4) is 0 Å². The van der Waals surface area contributed by atoms with Crippen LogP contribution >= 0.6 is 11.3 Å². The van der Waals surface area contributed by atoms with Crippen LogP contribution in [0.2, 0.25) is 0 Å². The smallest absolute Gasteiger partial charge is 0.321 e. The number of fused-ring (bicyclic) bond motifs is 1. The maximum atomic E-state index is 11.9. The first kappa shape index (κ1) is 14.5. The lowest BCUT2D eigenvalue weighted by Crippen LogP contribution is -2.31. The number of nitrogens with one attached hydrogen (secondary N) is 2. The predicted molar refractivity (Wildman–Crippen MR) is 84.0 cm³/mol. The van der Waals surface area contributed by atoms with E-state index >= 15 is 0 Å². The number of hydrogen-bond donors (Lipinski definition) is 2. The molecule has 1 aliphatic heterocycles. The second-order valence-corrected chi connectivity index (χ2v) is 7.27. The van der Waals surface area contributed by atoms with Crippen LogP contribution in [0.25, 0.3) is 0 Å². The van der Waals surface area contributed by atoms with E-state index < -0.39 is 0 Å². The van der Waals surface area contributed by atoms with E-state index in [4.69, 9.17) is 4.74 Å². The Morgan fingerprint density at radius 2 is 2.38 bits per heavy atom. The number of amides is 2. The molecule has 0 bridgehead atoms. The van der Waals surface area contributed by atoms with Gasteiger partial charge in [0, 0.05) is 16.8 Å². The summed E-state index contributed by atoms with van der Waals surface area (Å²) in [7, 11) is 0. The first-order chi connectivity index (χ1) is 10.0. The number of ether oxygens (including phenoxy) is 1. The highest BCUT2D eigenvalue weighted by Crippen LogP contribution is 2.41. The van der Waals surface area contributed by atoms with E-state index in [0.717, 1.165) is 37.1 Å². The SMILES string of the molecule is CC1(C)CCc2sc(NC(=O)NCC3=CCCOC3)nc21. The van der Waals surface area contributed by atoms with Gasteiger partial charge in [0.25, 0.3) is 0 Å². The monoisotopic (exact) mass is 307 g/mol. The van der Waals surface area contributed by atoms with Crippen molar-refractivity contribution in [2.75, 3.05) is 25.1 Å². The normalized spacial score (nSPS) is 19.8. The average Bonchev–Trinajstić information content (AvgIpc) is 2.99. The van der Waals surface area contributed by atoms with Crippen molar-refractivity contribution in [2.45, 2.75) is 38.5 Å². The van der Waals surface area contributed by atoms with Gasteiger partial charge in [-0.2, -0.15) is 0 Å². The summed E-state index contributed by atoms with van der Waals surface area (Å²) >= 11 is 1.59. The van der Waals surface area contributed by atoms with Crippen LogP contribution in [0, 0.1) is 0 Å². The van der Waals surface area contributed by atoms with Gasteiger partial charge in [-0.05, 0) is 24.8 Å². The molecule has 6 heteroatoms. The number of rotatable bonds is 3. The molecule has 0 aromatic carbocycles. The zero-order valence-corrected chi connectivity index (χ0v) is 13.3. The van der Waals surface area contributed by atoms with Crippen molar-refractivity contribution in [2.24, 2.45) is 0 Å². The molecular weight excluding hydrogens is 286 g/mol. The van der Waals surface area contributed by atoms with Crippen LogP contribution in [0.15, 0.2) is 11.6 Å². The van der Waals surface area contributed by atoms with Gasteiger partial charge in [-0.1, -0.05) is 19.9 Å². The first-order valence-electron chi connectivity index (χ1n) is 7.35. The van der Waals surface area contributed by atoms with Crippen molar-refractivity contribution in [3.8, 4) is 0 Å². The Labute approximate surface area is 128 Å². The number of aryl methyl sites for hydroxylation is 1. The number of hydrogen-bond acceptors (Lipinski definition) is 4. The summed E-state index contributed by atoms with van der Waals surface area (Å²) in [5.41, 5.74) is 2.40. The molecule has 1 aromatic heterocycles. The molecule has 3 rings (SSSR count). The molecule has 1 aromatic rings. The second kappa shape index (κ2) is 5.77. The summed E-state index contributed by atoms with van der Waals surface area (Å²) in [5.74, 6) is 0. The molecule has 0 fully saturated rings. The van der Waals surface area contributed by atoms with Gasteiger partial charge < -0.3 is 10.1 Å². The third kappa shape index (κ3) is 3.27. The molecule has 2 amide bonds. The zero-order chi connectivity index (χ0) is 14.9. The van der Waals surface area contributed by atoms with E-state index in [0.29, 0.717) is 18.3 Å². The van der Waals surface area contributed by atoms with E-state index in [2.05, 4.69) is 35.5 Å². The molecule has 2 heterocycles. The number of aromatic nitrogens is 1. The molecule has 0 spiro atoms. The quantitative estimate of drug-likeness (QED) is 0.844. The van der Waals surface area contributed by atoms with Crippen LogP contribution in [-0.2, 0) is 16.6 Å². The third-order valence-electron chi connectivity index (χ3n) is 3.99. The summed E-state index contributed by atoms with van der Waals surface area (Å²) in [6, 6.07) is -0.202. The van der Waals surface area contributed by atoms with Gasteiger partial charge in [0.15, 0.2) is 5.13 Å². The van der Waals surface area contributed by atoms with E-state index in [1.165, 1.54) is 4.88 Å². The van der Waals surface area contributed by atoms with Crippen molar-refractivity contribution in [3.05, 3.63) is 22.2 Å². The second-order valence-electron chi connectivity index (χ2n) is 6.19. The van der Waals surface area contributed by atoms with E-state index in [-0.39, 0.29) is 11.4 Å². The van der Waals surface area contributed by atoms with Crippen molar-refractivity contribution >= 4 is 22.5 Å². The molecule has 1 aliphatic carbocycles. The Bertz CT molecular complexity index is 577. The summed E-state index contributed by atoms with van der Waals surface area (Å²) in [5, 5.41) is 6.39. The van der Waals surface area contributed by atoms with E-state index in [1.54, 1.807) is 11.3 Å². The predicted octanol–water partition coefficient (Wildman–Crippen LogP) is 2.84. The highest BCUT2D eigenvalue weighted by Gasteiger charge is 2.33. The molecule has 5 nitrogen and oxygen atoms in total. The van der Waals surface area contributed by atoms with E-state index in [9.17, 15) is 4.79 Å². The molecule has 0 saturated heterocycles. The summed E-state index contributed by atoms with van der Waals surface area (Å²) in [6.45, 7) is 6.33. The average molecular weight is 307 g/mol. The number of carbonyl (C=O) groups excluding carboxylic acids is 1. The molecule has 21 heavy (non-hydrogen) atoms. The lowest BCUT2D eigenvalue weighted by Gasteiger charge is -2.15. The van der Waals surface area contributed by atoms with Crippen LogP contribution in [-0.4, -0.2) is 30.8 Å². The van der Waals surface area contributed by atoms with Crippen molar-refractivity contribution in [1.82, 2.24) is 10.3 Å². The summed E-state index contributed by atoms with van der Waals surface area (Å²) < 4.78 is 5.35. The molecule has 0 saturated carbocycles. The Balaban J connectivity index is 1.55. The minimum Gasteiger partial charge on any atom is -0.377 e. The fourth-order valence-corrected chi connectivity index (χ4v) is 3.85. The van der Waals surface area contributed by atoms with Gasteiger partial charge >= 0.3 is 6.03 Å². The molecule has 2 aliphatic rings. The first-order valence-corrected chi connectivity index (χ1v) is 8.17. The number of carbonyl (C=O) groups is 1. The highest BCUT2D eigenvalue weighted by molar-refractivity contribution is 7.16. The topological polar surface area (TPSA) is 63.2 Å². The van der Waals surface area contributed by atoms with Crippen LogP contribution < -0.4 is 10.6 Å². The van der Waals surface area contributed by atoms with Gasteiger partial charge in [-0.15, -0.1) is 11.3 Å². The van der Waals surface area contributed by atoms with Gasteiger partial charge in [-0.3, -0.25) is 5.32 Å². The van der Waals surface area contributed by atoms with Crippen LogP contribution in [0.4, 0.5) is 9.93 Å². The minimum absolute atomic E-state index is 0.131. The minimum atomic E-state index is -0.202. The lowest BCUT2D eigenvalue weighted by molar-refractivity contribution is 0.149. The molecular formula is C15H21N3O2S. The molecule has 0 unspecified atom stereocenters. The highest BCUT2D eigenvalue weighted by atomic mass is 32.1. The van der Waals surface area contributed by atoms with Gasteiger partial charge in [0.1, 0.15) is 0 Å². The standard InChI is InChI=1S/C15H21N3O2S/c1-15(2)6-5-11-12(15)17-14(21-11)18-13(19)16-8-10-4-3-7-20-9-10/h4H,3,5-9H2,1-2H3,(H2,16,17,18,19). The molecule has 2 N–H and O–H groups in total. The van der Waals surface area contributed by atoms with Crippen LogP contribution in [0.1, 0.15) is 37.3 Å². The maximum absolute atomic E-state index is 11.9. The molecule has 114 valence electrons. The van der Waals surface area contributed by atoms with Crippen molar-refractivity contribution in [1.29, 1.82) is 0 Å². The number of urea groups is 1.